The van der Waals surface area contributed by atoms with Crippen LogP contribution < -0.4 is 5.32 Å². The molecule has 4 unspecified atom stereocenters. The molecule has 3 N–H and O–H groups in total. The predicted molar refractivity (Wildman–Crippen MR) is 38.1 cm³/mol. The Hall–Kier alpha value is -0.120. The summed E-state index contributed by atoms with van der Waals surface area (Å²) in [5.74, 6) is 0.634. The van der Waals surface area contributed by atoms with Crippen LogP contribution in [0.15, 0.2) is 0 Å². The van der Waals surface area contributed by atoms with Gasteiger partial charge < -0.3 is 10.2 Å². The van der Waals surface area contributed by atoms with Gasteiger partial charge in [0.1, 0.15) is 12.5 Å². The maximum atomic E-state index is 9.25. The largest absolute Gasteiger partial charge is 0.379 e. The summed E-state index contributed by atoms with van der Waals surface area (Å²) in [4.78, 5) is 0. The number of hydrogen-bond acceptors (Lipinski definition) is 3. The van der Waals surface area contributed by atoms with E-state index >= 15 is 0 Å². The molecule has 1 rings (SSSR count). The van der Waals surface area contributed by atoms with Crippen molar-refractivity contribution in [3.63, 3.8) is 0 Å². The standard InChI is InChI=1S/C7H15NO2/c1-4-3-6(9)8-7(10)5(4)2/h4-10H,3H2,1-2H3. The number of hydrogen-bond donors (Lipinski definition) is 3. The van der Waals surface area contributed by atoms with Crippen molar-refractivity contribution >= 4 is 0 Å². The zero-order valence-electron chi connectivity index (χ0n) is 6.41. The van der Waals surface area contributed by atoms with E-state index < -0.39 is 12.5 Å². The number of aliphatic hydroxyl groups is 2. The van der Waals surface area contributed by atoms with E-state index in [1.165, 1.54) is 0 Å². The summed E-state index contributed by atoms with van der Waals surface area (Å²) in [6, 6.07) is 0. The first-order valence-electron chi connectivity index (χ1n) is 3.73. The van der Waals surface area contributed by atoms with Gasteiger partial charge in [0.25, 0.3) is 0 Å². The van der Waals surface area contributed by atoms with Gasteiger partial charge in [0, 0.05) is 0 Å². The highest BCUT2D eigenvalue weighted by Crippen LogP contribution is 2.23. The Labute approximate surface area is 61.1 Å². The van der Waals surface area contributed by atoms with Gasteiger partial charge in [0.15, 0.2) is 0 Å². The van der Waals surface area contributed by atoms with Crippen LogP contribution in [0.2, 0.25) is 0 Å². The predicted octanol–water partition coefficient (Wildman–Crippen LogP) is -0.111. The molecule has 60 valence electrons. The van der Waals surface area contributed by atoms with Crippen LogP contribution in [0.3, 0.4) is 0 Å². The van der Waals surface area contributed by atoms with E-state index in [0.717, 1.165) is 6.42 Å². The Morgan fingerprint density at radius 1 is 1.30 bits per heavy atom. The van der Waals surface area contributed by atoms with Crippen LogP contribution in [0, 0.1) is 11.8 Å². The molecule has 1 fully saturated rings. The second-order valence-electron chi connectivity index (χ2n) is 3.20. The highest BCUT2D eigenvalue weighted by molar-refractivity contribution is 4.77. The molecule has 1 aliphatic heterocycles. The van der Waals surface area contributed by atoms with Gasteiger partial charge in [-0.05, 0) is 18.3 Å². The van der Waals surface area contributed by atoms with E-state index in [1.54, 1.807) is 0 Å². The summed E-state index contributed by atoms with van der Waals surface area (Å²) in [5, 5.41) is 21.0. The lowest BCUT2D eigenvalue weighted by Gasteiger charge is -2.34. The Morgan fingerprint density at radius 3 is 2.40 bits per heavy atom. The van der Waals surface area contributed by atoms with Gasteiger partial charge in [0.2, 0.25) is 0 Å². The smallest absolute Gasteiger partial charge is 0.109 e. The number of rotatable bonds is 0. The number of nitrogens with one attached hydrogen (secondary N) is 1. The van der Waals surface area contributed by atoms with Crippen LogP contribution in [-0.2, 0) is 0 Å². The monoisotopic (exact) mass is 145 g/mol. The third-order valence-electron chi connectivity index (χ3n) is 2.35. The minimum atomic E-state index is -0.543. The van der Waals surface area contributed by atoms with Crippen LogP contribution in [0.1, 0.15) is 20.3 Å². The molecule has 3 nitrogen and oxygen atoms in total. The van der Waals surface area contributed by atoms with Gasteiger partial charge in [-0.2, -0.15) is 0 Å². The second kappa shape index (κ2) is 2.86. The zero-order valence-corrected chi connectivity index (χ0v) is 6.41. The Balaban J connectivity index is 2.49. The lowest BCUT2D eigenvalue weighted by atomic mass is 9.87. The number of aliphatic hydroxyl groups excluding tert-OH is 2. The van der Waals surface area contributed by atoms with Crippen molar-refractivity contribution in [1.82, 2.24) is 5.32 Å². The molecule has 3 heteroatoms. The third-order valence-corrected chi connectivity index (χ3v) is 2.35. The molecule has 0 aromatic carbocycles. The first-order chi connectivity index (χ1) is 4.61. The molecule has 4 atom stereocenters. The summed E-state index contributed by atoms with van der Waals surface area (Å²) < 4.78 is 0. The highest BCUT2D eigenvalue weighted by Gasteiger charge is 2.29. The molecule has 0 spiro atoms. The summed E-state index contributed by atoms with van der Waals surface area (Å²) >= 11 is 0. The average Bonchev–Trinajstić information content (AvgIpc) is 1.82. The average molecular weight is 145 g/mol. The van der Waals surface area contributed by atoms with E-state index in [1.807, 2.05) is 13.8 Å². The molecule has 0 aromatic heterocycles. The normalized spacial score (nSPS) is 49.2. The summed E-state index contributed by atoms with van der Waals surface area (Å²) in [6.07, 6.45) is -0.335. The SMILES string of the molecule is CC1CC(O)NC(O)C1C. The van der Waals surface area contributed by atoms with Crippen molar-refractivity contribution in [1.29, 1.82) is 0 Å². The first-order valence-corrected chi connectivity index (χ1v) is 3.73. The fourth-order valence-electron chi connectivity index (χ4n) is 1.29. The molecule has 10 heavy (non-hydrogen) atoms. The molecule has 0 amide bonds. The minimum absolute atomic E-state index is 0.239. The fourth-order valence-corrected chi connectivity index (χ4v) is 1.29. The van der Waals surface area contributed by atoms with E-state index in [-0.39, 0.29) is 5.92 Å². The van der Waals surface area contributed by atoms with Gasteiger partial charge in [0.05, 0.1) is 0 Å². The molecule has 1 aliphatic rings. The van der Waals surface area contributed by atoms with Crippen molar-refractivity contribution in [2.24, 2.45) is 11.8 Å². The summed E-state index contributed by atoms with van der Waals surface area (Å²) in [6.45, 7) is 4.02. The zero-order chi connectivity index (χ0) is 7.72. The number of piperidine rings is 1. The lowest BCUT2D eigenvalue weighted by molar-refractivity contribution is -0.0519. The summed E-state index contributed by atoms with van der Waals surface area (Å²) in [5.41, 5.74) is 0. The topological polar surface area (TPSA) is 52.5 Å². The van der Waals surface area contributed by atoms with Crippen molar-refractivity contribution < 1.29 is 10.2 Å². The molecule has 1 saturated heterocycles. The van der Waals surface area contributed by atoms with E-state index in [0.29, 0.717) is 5.92 Å². The van der Waals surface area contributed by atoms with Gasteiger partial charge in [-0.15, -0.1) is 0 Å². The Morgan fingerprint density at radius 2 is 1.90 bits per heavy atom. The Bertz CT molecular complexity index is 106. The van der Waals surface area contributed by atoms with E-state index in [4.69, 9.17) is 5.11 Å². The molecule has 0 radical (unpaired) electrons. The van der Waals surface area contributed by atoms with Crippen molar-refractivity contribution in [3.05, 3.63) is 0 Å². The van der Waals surface area contributed by atoms with Crippen LogP contribution in [0.5, 0.6) is 0 Å². The molecule has 1 heterocycles. The molecular weight excluding hydrogens is 130 g/mol. The minimum Gasteiger partial charge on any atom is -0.379 e. The summed E-state index contributed by atoms with van der Waals surface area (Å²) in [7, 11) is 0. The van der Waals surface area contributed by atoms with Crippen molar-refractivity contribution in [2.75, 3.05) is 0 Å². The third kappa shape index (κ3) is 1.48. The van der Waals surface area contributed by atoms with E-state index in [2.05, 4.69) is 5.32 Å². The van der Waals surface area contributed by atoms with Gasteiger partial charge >= 0.3 is 0 Å². The van der Waals surface area contributed by atoms with Crippen molar-refractivity contribution in [2.45, 2.75) is 32.7 Å². The van der Waals surface area contributed by atoms with E-state index in [9.17, 15) is 5.11 Å². The molecule has 0 bridgehead atoms. The van der Waals surface area contributed by atoms with Crippen LogP contribution in [-0.4, -0.2) is 22.7 Å². The van der Waals surface area contributed by atoms with Gasteiger partial charge in [-0.25, -0.2) is 0 Å². The first kappa shape index (κ1) is 7.98. The molecule has 0 aromatic rings. The van der Waals surface area contributed by atoms with Crippen LogP contribution in [0.4, 0.5) is 0 Å². The van der Waals surface area contributed by atoms with Crippen LogP contribution >= 0.6 is 0 Å². The lowest BCUT2D eigenvalue weighted by Crippen LogP contribution is -2.49. The molecular formula is C7H15NO2. The van der Waals surface area contributed by atoms with Crippen LogP contribution in [0.25, 0.3) is 0 Å². The highest BCUT2D eigenvalue weighted by atomic mass is 16.3. The maximum absolute atomic E-state index is 9.25. The quantitative estimate of drug-likeness (QED) is 0.446. The van der Waals surface area contributed by atoms with Gasteiger partial charge in [-0.1, -0.05) is 13.8 Å². The second-order valence-corrected chi connectivity index (χ2v) is 3.20. The fraction of sp³-hybridized carbons (Fsp3) is 1.00. The Kier molecular flexibility index (Phi) is 2.28. The maximum Gasteiger partial charge on any atom is 0.109 e. The molecule has 0 aliphatic carbocycles. The van der Waals surface area contributed by atoms with Crippen molar-refractivity contribution in [3.8, 4) is 0 Å². The van der Waals surface area contributed by atoms with Gasteiger partial charge in [-0.3, -0.25) is 5.32 Å². The molecule has 0 saturated carbocycles.